The summed E-state index contributed by atoms with van der Waals surface area (Å²) in [5, 5.41) is 5.46. The fourth-order valence-electron chi connectivity index (χ4n) is 2.07. The molecule has 0 atom stereocenters. The van der Waals surface area contributed by atoms with Crippen molar-refractivity contribution in [3.8, 4) is 11.3 Å². The lowest BCUT2D eigenvalue weighted by Crippen LogP contribution is -2.12. The average molecular weight is 333 g/mol. The van der Waals surface area contributed by atoms with Gasteiger partial charge in [0.2, 0.25) is 0 Å². The SMILES string of the molecule is CCOn1nc(-c2ccnc(C)c2)c2cc(Br)cnc21. The summed E-state index contributed by atoms with van der Waals surface area (Å²) in [6.07, 6.45) is 3.52. The molecule has 0 saturated heterocycles. The predicted molar refractivity (Wildman–Crippen MR) is 80.3 cm³/mol. The van der Waals surface area contributed by atoms with Gasteiger partial charge in [0.25, 0.3) is 0 Å². The Kier molecular flexibility index (Phi) is 3.40. The Labute approximate surface area is 124 Å². The maximum atomic E-state index is 5.50. The van der Waals surface area contributed by atoms with E-state index in [9.17, 15) is 0 Å². The Balaban J connectivity index is 2.26. The van der Waals surface area contributed by atoms with Gasteiger partial charge in [-0.15, -0.1) is 5.10 Å². The summed E-state index contributed by atoms with van der Waals surface area (Å²) >= 11 is 3.45. The lowest BCUT2D eigenvalue weighted by Gasteiger charge is -2.01. The van der Waals surface area contributed by atoms with Crippen LogP contribution in [0.25, 0.3) is 22.3 Å². The Morgan fingerprint density at radius 1 is 1.30 bits per heavy atom. The first kappa shape index (κ1) is 13.1. The van der Waals surface area contributed by atoms with E-state index in [1.807, 2.05) is 32.0 Å². The normalized spacial score (nSPS) is 10.9. The topological polar surface area (TPSA) is 52.8 Å². The van der Waals surface area contributed by atoms with Crippen molar-refractivity contribution in [1.29, 1.82) is 0 Å². The zero-order chi connectivity index (χ0) is 14.1. The second-order valence-corrected chi connectivity index (χ2v) is 5.27. The van der Waals surface area contributed by atoms with Gasteiger partial charge in [-0.05, 0) is 48.0 Å². The van der Waals surface area contributed by atoms with Crippen LogP contribution in [0.1, 0.15) is 12.6 Å². The lowest BCUT2D eigenvalue weighted by atomic mass is 10.1. The van der Waals surface area contributed by atoms with E-state index in [1.54, 1.807) is 12.4 Å². The summed E-state index contributed by atoms with van der Waals surface area (Å²) < 4.78 is 0.910. The molecule has 0 unspecified atom stereocenters. The van der Waals surface area contributed by atoms with Crippen molar-refractivity contribution in [2.45, 2.75) is 13.8 Å². The second-order valence-electron chi connectivity index (χ2n) is 4.35. The van der Waals surface area contributed by atoms with Gasteiger partial charge < -0.3 is 4.84 Å². The van der Waals surface area contributed by atoms with E-state index in [1.165, 1.54) is 4.85 Å². The third-order valence-electron chi connectivity index (χ3n) is 2.88. The van der Waals surface area contributed by atoms with Crippen molar-refractivity contribution in [2.75, 3.05) is 6.61 Å². The van der Waals surface area contributed by atoms with Crippen molar-refractivity contribution in [3.63, 3.8) is 0 Å². The first-order valence-corrected chi connectivity index (χ1v) is 7.09. The van der Waals surface area contributed by atoms with Gasteiger partial charge in [0.05, 0.1) is 5.39 Å². The third kappa shape index (κ3) is 2.27. The van der Waals surface area contributed by atoms with E-state index < -0.39 is 0 Å². The Morgan fingerprint density at radius 3 is 2.90 bits per heavy atom. The van der Waals surface area contributed by atoms with Crippen LogP contribution in [0.2, 0.25) is 0 Å². The van der Waals surface area contributed by atoms with Gasteiger partial charge in [-0.25, -0.2) is 4.98 Å². The molecule has 3 aromatic rings. The van der Waals surface area contributed by atoms with Crippen LogP contribution in [0.3, 0.4) is 0 Å². The summed E-state index contributed by atoms with van der Waals surface area (Å²) in [7, 11) is 0. The van der Waals surface area contributed by atoms with Gasteiger partial charge in [0.1, 0.15) is 12.3 Å². The highest BCUT2D eigenvalue weighted by Crippen LogP contribution is 2.28. The molecule has 3 rings (SSSR count). The Bertz CT molecular complexity index is 769. The van der Waals surface area contributed by atoms with Gasteiger partial charge in [-0.3, -0.25) is 4.98 Å². The standard InChI is InChI=1S/C14H13BrN4O/c1-3-20-19-14-12(7-11(15)8-17-14)13(18-19)10-4-5-16-9(2)6-10/h4-8H,3H2,1-2H3. The van der Waals surface area contributed by atoms with Crippen LogP contribution >= 0.6 is 15.9 Å². The molecule has 0 spiro atoms. The van der Waals surface area contributed by atoms with Gasteiger partial charge in [0.15, 0.2) is 5.65 Å². The van der Waals surface area contributed by atoms with Crippen LogP contribution in [0.15, 0.2) is 35.1 Å². The van der Waals surface area contributed by atoms with Crippen molar-refractivity contribution in [2.24, 2.45) is 0 Å². The molecule has 0 aliphatic heterocycles. The van der Waals surface area contributed by atoms with Gasteiger partial charge >= 0.3 is 0 Å². The number of hydrogen-bond acceptors (Lipinski definition) is 4. The number of pyridine rings is 2. The number of aromatic nitrogens is 4. The zero-order valence-corrected chi connectivity index (χ0v) is 12.8. The summed E-state index contributed by atoms with van der Waals surface area (Å²) in [6, 6.07) is 5.93. The van der Waals surface area contributed by atoms with Crippen LogP contribution in [-0.2, 0) is 0 Å². The molecule has 0 radical (unpaired) electrons. The molecule has 0 aromatic carbocycles. The Hall–Kier alpha value is -1.95. The molecule has 20 heavy (non-hydrogen) atoms. The van der Waals surface area contributed by atoms with Crippen molar-refractivity contribution >= 4 is 27.0 Å². The molecule has 0 bridgehead atoms. The predicted octanol–water partition coefficient (Wildman–Crippen LogP) is 3.01. The summed E-state index contributed by atoms with van der Waals surface area (Å²) in [5.74, 6) is 0. The number of halogens is 1. The van der Waals surface area contributed by atoms with Crippen molar-refractivity contribution < 1.29 is 4.84 Å². The van der Waals surface area contributed by atoms with Gasteiger partial charge in [0, 0.05) is 28.1 Å². The van der Waals surface area contributed by atoms with E-state index in [4.69, 9.17) is 4.84 Å². The number of nitrogens with zero attached hydrogens (tertiary/aromatic N) is 4. The molecule has 0 fully saturated rings. The number of hydrogen-bond donors (Lipinski definition) is 0. The summed E-state index contributed by atoms with van der Waals surface area (Å²) in [5.41, 5.74) is 3.50. The van der Waals surface area contributed by atoms with Crippen LogP contribution in [0.4, 0.5) is 0 Å². The second kappa shape index (κ2) is 5.20. The Morgan fingerprint density at radius 2 is 2.15 bits per heavy atom. The quantitative estimate of drug-likeness (QED) is 0.739. The third-order valence-corrected chi connectivity index (χ3v) is 3.32. The maximum Gasteiger partial charge on any atom is 0.199 e. The fourth-order valence-corrected chi connectivity index (χ4v) is 2.40. The highest BCUT2D eigenvalue weighted by molar-refractivity contribution is 9.10. The van der Waals surface area contributed by atoms with Gasteiger partial charge in [-0.2, -0.15) is 0 Å². The first-order valence-electron chi connectivity index (χ1n) is 6.29. The van der Waals surface area contributed by atoms with Crippen LogP contribution in [0.5, 0.6) is 0 Å². The molecule has 0 saturated carbocycles. The monoisotopic (exact) mass is 332 g/mol. The number of rotatable bonds is 3. The lowest BCUT2D eigenvalue weighted by molar-refractivity contribution is 0.102. The van der Waals surface area contributed by atoms with E-state index in [2.05, 4.69) is 31.0 Å². The minimum Gasteiger partial charge on any atom is -0.395 e. The summed E-state index contributed by atoms with van der Waals surface area (Å²) in [6.45, 7) is 4.41. The van der Waals surface area contributed by atoms with E-state index >= 15 is 0 Å². The molecule has 102 valence electrons. The van der Waals surface area contributed by atoms with E-state index in [0.717, 1.165) is 26.8 Å². The molecule has 3 aromatic heterocycles. The van der Waals surface area contributed by atoms with Gasteiger partial charge in [-0.1, -0.05) is 4.85 Å². The zero-order valence-electron chi connectivity index (χ0n) is 11.2. The summed E-state index contributed by atoms with van der Waals surface area (Å²) in [4.78, 5) is 15.6. The van der Waals surface area contributed by atoms with E-state index in [-0.39, 0.29) is 0 Å². The highest BCUT2D eigenvalue weighted by atomic mass is 79.9. The minimum absolute atomic E-state index is 0.531. The number of fused-ring (bicyclic) bond motifs is 1. The largest absolute Gasteiger partial charge is 0.395 e. The highest BCUT2D eigenvalue weighted by Gasteiger charge is 2.15. The smallest absolute Gasteiger partial charge is 0.199 e. The average Bonchev–Trinajstić information content (AvgIpc) is 2.77. The van der Waals surface area contributed by atoms with Crippen molar-refractivity contribution in [1.82, 2.24) is 19.9 Å². The molecule has 0 aliphatic rings. The van der Waals surface area contributed by atoms with Crippen molar-refractivity contribution in [3.05, 3.63) is 40.8 Å². The minimum atomic E-state index is 0.531. The van der Waals surface area contributed by atoms with Crippen LogP contribution < -0.4 is 4.84 Å². The maximum absolute atomic E-state index is 5.50. The molecule has 3 heterocycles. The molecule has 5 nitrogen and oxygen atoms in total. The molecule has 6 heteroatoms. The first-order chi connectivity index (χ1) is 9.69. The fraction of sp³-hybridized carbons (Fsp3) is 0.214. The number of aryl methyl sites for hydroxylation is 1. The molecule has 0 aliphatic carbocycles. The molecule has 0 amide bonds. The van der Waals surface area contributed by atoms with Crippen LogP contribution in [-0.4, -0.2) is 26.5 Å². The molecule has 0 N–H and O–H groups in total. The molecular weight excluding hydrogens is 320 g/mol. The van der Waals surface area contributed by atoms with E-state index in [0.29, 0.717) is 12.3 Å². The van der Waals surface area contributed by atoms with Crippen LogP contribution in [0, 0.1) is 6.92 Å². The molecular formula is C14H13BrN4O.